The zero-order valence-corrected chi connectivity index (χ0v) is 13.7. The van der Waals surface area contributed by atoms with Crippen LogP contribution in [0, 0.1) is 0 Å². The van der Waals surface area contributed by atoms with Crippen LogP contribution in [-0.2, 0) is 11.3 Å². The molecule has 4 nitrogen and oxygen atoms in total. The van der Waals surface area contributed by atoms with Crippen molar-refractivity contribution in [3.05, 3.63) is 59.1 Å². The second-order valence-electron chi connectivity index (χ2n) is 5.07. The summed E-state index contributed by atoms with van der Waals surface area (Å²) in [5, 5.41) is 3.21. The predicted molar refractivity (Wildman–Crippen MR) is 86.8 cm³/mol. The second kappa shape index (κ2) is 8.62. The third-order valence-electron chi connectivity index (χ3n) is 3.00. The van der Waals surface area contributed by atoms with E-state index in [0.717, 1.165) is 5.56 Å². The molecule has 2 aromatic rings. The number of amides is 1. The Bertz CT molecular complexity index is 688. The van der Waals surface area contributed by atoms with Gasteiger partial charge in [0.15, 0.2) is 13.2 Å². The predicted octanol–water partition coefficient (Wildman–Crippen LogP) is 3.98. The minimum Gasteiger partial charge on any atom is -0.484 e. The van der Waals surface area contributed by atoms with Crippen LogP contribution in [0.1, 0.15) is 5.56 Å². The maximum atomic E-state index is 12.1. The minimum atomic E-state index is -4.38. The van der Waals surface area contributed by atoms with Crippen LogP contribution < -0.4 is 14.8 Å². The van der Waals surface area contributed by atoms with Crippen LogP contribution in [0.3, 0.4) is 0 Å². The van der Waals surface area contributed by atoms with Gasteiger partial charge < -0.3 is 14.8 Å². The first kappa shape index (κ1) is 18.9. The molecule has 0 aliphatic heterocycles. The molecule has 134 valence electrons. The summed E-state index contributed by atoms with van der Waals surface area (Å²) in [6, 6.07) is 12.6. The lowest BCUT2D eigenvalue weighted by molar-refractivity contribution is -0.153. The first-order valence-corrected chi connectivity index (χ1v) is 7.63. The summed E-state index contributed by atoms with van der Waals surface area (Å²) >= 11 is 5.75. The summed E-state index contributed by atoms with van der Waals surface area (Å²) in [6.07, 6.45) is -4.38. The molecule has 2 rings (SSSR count). The molecular formula is C17H15ClF3NO3. The van der Waals surface area contributed by atoms with Gasteiger partial charge in [0.25, 0.3) is 5.91 Å². The monoisotopic (exact) mass is 373 g/mol. The van der Waals surface area contributed by atoms with E-state index >= 15 is 0 Å². The van der Waals surface area contributed by atoms with Gasteiger partial charge in [-0.15, -0.1) is 0 Å². The first-order chi connectivity index (χ1) is 11.8. The van der Waals surface area contributed by atoms with Crippen molar-refractivity contribution in [1.82, 2.24) is 5.32 Å². The van der Waals surface area contributed by atoms with Crippen molar-refractivity contribution in [2.45, 2.75) is 12.7 Å². The summed E-state index contributed by atoms with van der Waals surface area (Å²) < 4.78 is 46.1. The molecular weight excluding hydrogens is 359 g/mol. The van der Waals surface area contributed by atoms with E-state index in [-0.39, 0.29) is 24.8 Å². The van der Waals surface area contributed by atoms with Crippen LogP contribution in [0.15, 0.2) is 48.5 Å². The van der Waals surface area contributed by atoms with E-state index in [0.29, 0.717) is 10.8 Å². The Labute approximate surface area is 147 Å². The van der Waals surface area contributed by atoms with Gasteiger partial charge >= 0.3 is 6.18 Å². The lowest BCUT2D eigenvalue weighted by Crippen LogP contribution is -2.28. The molecule has 0 saturated heterocycles. The van der Waals surface area contributed by atoms with Gasteiger partial charge in [-0.25, -0.2) is 0 Å². The van der Waals surface area contributed by atoms with E-state index in [1.807, 2.05) is 0 Å². The standard InChI is InChI=1S/C17H15ClF3NO3/c18-13-3-7-14(8-4-13)24-10-16(23)22-9-12-1-5-15(6-2-12)25-11-17(19,20)21/h1-8H,9-11H2,(H,22,23). The Hall–Kier alpha value is -2.41. The smallest absolute Gasteiger partial charge is 0.422 e. The molecule has 0 unspecified atom stereocenters. The molecule has 1 amide bonds. The summed E-state index contributed by atoms with van der Waals surface area (Å²) in [7, 11) is 0. The third-order valence-corrected chi connectivity index (χ3v) is 3.25. The molecule has 8 heteroatoms. The normalized spacial score (nSPS) is 11.0. The minimum absolute atomic E-state index is 0.110. The van der Waals surface area contributed by atoms with E-state index in [1.165, 1.54) is 12.1 Å². The van der Waals surface area contributed by atoms with Crippen LogP contribution in [0.4, 0.5) is 13.2 Å². The number of benzene rings is 2. The highest BCUT2D eigenvalue weighted by molar-refractivity contribution is 6.30. The van der Waals surface area contributed by atoms with Crippen molar-refractivity contribution in [1.29, 1.82) is 0 Å². The number of halogens is 4. The topological polar surface area (TPSA) is 47.6 Å². The van der Waals surface area contributed by atoms with E-state index in [4.69, 9.17) is 16.3 Å². The average molecular weight is 374 g/mol. The van der Waals surface area contributed by atoms with Gasteiger partial charge in [-0.3, -0.25) is 4.79 Å². The molecule has 1 N–H and O–H groups in total. The van der Waals surface area contributed by atoms with Crippen molar-refractivity contribution in [2.75, 3.05) is 13.2 Å². The number of ether oxygens (including phenoxy) is 2. The van der Waals surface area contributed by atoms with E-state index in [2.05, 4.69) is 10.1 Å². The fourth-order valence-electron chi connectivity index (χ4n) is 1.80. The van der Waals surface area contributed by atoms with Gasteiger partial charge in [0, 0.05) is 11.6 Å². The average Bonchev–Trinajstić information content (AvgIpc) is 2.58. The van der Waals surface area contributed by atoms with Crippen molar-refractivity contribution in [3.8, 4) is 11.5 Å². The Morgan fingerprint density at radius 1 is 0.960 bits per heavy atom. The SMILES string of the molecule is O=C(COc1ccc(Cl)cc1)NCc1ccc(OCC(F)(F)F)cc1. The molecule has 2 aromatic carbocycles. The maximum absolute atomic E-state index is 12.1. The van der Waals surface area contributed by atoms with Gasteiger partial charge in [0.1, 0.15) is 11.5 Å². The van der Waals surface area contributed by atoms with Gasteiger partial charge in [-0.1, -0.05) is 23.7 Å². The Balaban J connectivity index is 1.73. The summed E-state index contributed by atoms with van der Waals surface area (Å²) in [6.45, 7) is -1.28. The van der Waals surface area contributed by atoms with Crippen LogP contribution >= 0.6 is 11.6 Å². The summed E-state index contributed by atoms with van der Waals surface area (Å²) in [4.78, 5) is 11.7. The maximum Gasteiger partial charge on any atom is 0.422 e. The molecule has 25 heavy (non-hydrogen) atoms. The fourth-order valence-corrected chi connectivity index (χ4v) is 1.93. The quantitative estimate of drug-likeness (QED) is 0.798. The van der Waals surface area contributed by atoms with Gasteiger partial charge in [0.05, 0.1) is 0 Å². The third kappa shape index (κ3) is 7.34. The number of carbonyl (C=O) groups excluding carboxylic acids is 1. The number of carbonyl (C=O) groups is 1. The Kier molecular flexibility index (Phi) is 6.52. The number of nitrogens with one attached hydrogen (secondary N) is 1. The molecule has 0 saturated carbocycles. The van der Waals surface area contributed by atoms with E-state index < -0.39 is 12.8 Å². The second-order valence-corrected chi connectivity index (χ2v) is 5.50. The Morgan fingerprint density at radius 2 is 1.52 bits per heavy atom. The molecule has 0 spiro atoms. The van der Waals surface area contributed by atoms with Crippen molar-refractivity contribution in [2.24, 2.45) is 0 Å². The van der Waals surface area contributed by atoms with Gasteiger partial charge in [-0.05, 0) is 42.0 Å². The van der Waals surface area contributed by atoms with Crippen LogP contribution in [-0.4, -0.2) is 25.3 Å². The molecule has 0 fully saturated rings. The number of hydrogen-bond acceptors (Lipinski definition) is 3. The first-order valence-electron chi connectivity index (χ1n) is 7.25. The molecule has 0 aromatic heterocycles. The fraction of sp³-hybridized carbons (Fsp3) is 0.235. The highest BCUT2D eigenvalue weighted by atomic mass is 35.5. The number of alkyl halides is 3. The van der Waals surface area contributed by atoms with Crippen LogP contribution in [0.2, 0.25) is 5.02 Å². The molecule has 0 aliphatic carbocycles. The number of hydrogen-bond donors (Lipinski definition) is 1. The van der Waals surface area contributed by atoms with Crippen LogP contribution in [0.25, 0.3) is 0 Å². The highest BCUT2D eigenvalue weighted by Crippen LogP contribution is 2.19. The largest absolute Gasteiger partial charge is 0.484 e. The molecule has 0 atom stereocenters. The zero-order chi connectivity index (χ0) is 18.3. The van der Waals surface area contributed by atoms with Crippen molar-refractivity contribution >= 4 is 17.5 Å². The molecule has 0 radical (unpaired) electrons. The lowest BCUT2D eigenvalue weighted by Gasteiger charge is -2.10. The molecule has 0 aliphatic rings. The van der Waals surface area contributed by atoms with E-state index in [9.17, 15) is 18.0 Å². The van der Waals surface area contributed by atoms with Gasteiger partial charge in [-0.2, -0.15) is 13.2 Å². The molecule has 0 bridgehead atoms. The number of rotatable bonds is 7. The zero-order valence-electron chi connectivity index (χ0n) is 13.0. The van der Waals surface area contributed by atoms with Gasteiger partial charge in [0.2, 0.25) is 0 Å². The van der Waals surface area contributed by atoms with E-state index in [1.54, 1.807) is 36.4 Å². The van der Waals surface area contributed by atoms with Crippen molar-refractivity contribution in [3.63, 3.8) is 0 Å². The highest BCUT2D eigenvalue weighted by Gasteiger charge is 2.28. The van der Waals surface area contributed by atoms with Crippen LogP contribution in [0.5, 0.6) is 11.5 Å². The van der Waals surface area contributed by atoms with Crippen molar-refractivity contribution < 1.29 is 27.4 Å². The lowest BCUT2D eigenvalue weighted by atomic mass is 10.2. The summed E-state index contributed by atoms with van der Waals surface area (Å²) in [5.74, 6) is 0.302. The Morgan fingerprint density at radius 3 is 2.12 bits per heavy atom. The summed E-state index contributed by atoms with van der Waals surface area (Å²) in [5.41, 5.74) is 0.721. The molecule has 0 heterocycles.